The molecule has 2 fully saturated rings. The number of aliphatic hydroxyl groups is 1. The molecule has 1 atom stereocenters. The maximum absolute atomic E-state index is 12.1. The van der Waals surface area contributed by atoms with Gasteiger partial charge in [0, 0.05) is 54.7 Å². The Bertz CT molecular complexity index is 779. The van der Waals surface area contributed by atoms with Crippen molar-refractivity contribution in [1.82, 2.24) is 14.8 Å². The molecule has 2 aliphatic rings. The number of piperidine rings is 2. The molecule has 1 spiro atoms. The van der Waals surface area contributed by atoms with E-state index in [-0.39, 0.29) is 17.9 Å². The van der Waals surface area contributed by atoms with Crippen LogP contribution in [0.2, 0.25) is 0 Å². The van der Waals surface area contributed by atoms with Gasteiger partial charge in [-0.2, -0.15) is 0 Å². The molecule has 0 aliphatic carbocycles. The van der Waals surface area contributed by atoms with Gasteiger partial charge >= 0.3 is 0 Å². The van der Waals surface area contributed by atoms with Gasteiger partial charge in [0.25, 0.3) is 0 Å². The predicted octanol–water partition coefficient (Wildman–Crippen LogP) is 3.01. The minimum absolute atomic E-state index is 0.0503. The van der Waals surface area contributed by atoms with Gasteiger partial charge in [0.2, 0.25) is 5.91 Å². The number of amides is 1. The van der Waals surface area contributed by atoms with Gasteiger partial charge in [-0.25, -0.2) is 4.98 Å². The molecule has 0 saturated carbocycles. The fraction of sp³-hybridized carbons (Fsp3) is 0.524. The number of carbonyl (C=O) groups is 1. The van der Waals surface area contributed by atoms with Crippen LogP contribution in [-0.2, 0) is 11.3 Å². The molecule has 2 saturated heterocycles. The molecular weight excluding hydrogens is 358 g/mol. The number of carbonyl (C=O) groups excluding carboxylic acids is 1. The van der Waals surface area contributed by atoms with Gasteiger partial charge in [-0.15, -0.1) is 11.3 Å². The smallest absolute Gasteiger partial charge is 0.222 e. The number of benzene rings is 1. The first kappa shape index (κ1) is 18.6. The van der Waals surface area contributed by atoms with Crippen LogP contribution in [0.4, 0.5) is 0 Å². The van der Waals surface area contributed by atoms with Crippen molar-refractivity contribution >= 4 is 17.2 Å². The second-order valence-corrected chi connectivity index (χ2v) is 8.97. The van der Waals surface area contributed by atoms with E-state index in [1.807, 2.05) is 29.3 Å². The summed E-state index contributed by atoms with van der Waals surface area (Å²) >= 11 is 1.77. The fourth-order valence-electron chi connectivity index (χ4n) is 4.52. The lowest BCUT2D eigenvalue weighted by atomic mass is 9.73. The third-order valence-electron chi connectivity index (χ3n) is 5.81. The summed E-state index contributed by atoms with van der Waals surface area (Å²) in [6.07, 6.45) is 5.95. The first-order chi connectivity index (χ1) is 13.2. The highest BCUT2D eigenvalue weighted by atomic mass is 32.1. The zero-order chi connectivity index (χ0) is 18.7. The predicted molar refractivity (Wildman–Crippen MR) is 107 cm³/mol. The van der Waals surface area contributed by atoms with Gasteiger partial charge in [0.1, 0.15) is 5.01 Å². The molecule has 4 rings (SSSR count). The number of nitrogens with zero attached hydrogens (tertiary/aromatic N) is 3. The molecular formula is C21H27N3O2S. The van der Waals surface area contributed by atoms with Crippen LogP contribution in [0.15, 0.2) is 36.5 Å². The quantitative estimate of drug-likeness (QED) is 0.860. The first-order valence-corrected chi connectivity index (χ1v) is 10.6. The second kappa shape index (κ2) is 8.09. The summed E-state index contributed by atoms with van der Waals surface area (Å²) in [5.74, 6) is 0.196. The van der Waals surface area contributed by atoms with Crippen LogP contribution in [0.5, 0.6) is 0 Å². The average molecular weight is 386 g/mol. The van der Waals surface area contributed by atoms with Gasteiger partial charge in [0.15, 0.2) is 0 Å². The summed E-state index contributed by atoms with van der Waals surface area (Å²) in [6, 6.07) is 10.3. The fourth-order valence-corrected chi connectivity index (χ4v) is 5.48. The SMILES string of the molecule is O=C1CC[C@]2(CCCN(Cc3cnc(-c4ccccc4)s3)C2)CN1CCO. The number of aliphatic hydroxyl groups excluding tert-OH is 1. The Balaban J connectivity index is 1.42. The number of rotatable bonds is 5. The van der Waals surface area contributed by atoms with Crippen molar-refractivity contribution in [3.8, 4) is 10.6 Å². The molecule has 3 heterocycles. The molecule has 144 valence electrons. The Hall–Kier alpha value is -1.76. The zero-order valence-electron chi connectivity index (χ0n) is 15.6. The summed E-state index contributed by atoms with van der Waals surface area (Å²) in [6.45, 7) is 4.38. The van der Waals surface area contributed by atoms with Crippen LogP contribution < -0.4 is 0 Å². The minimum Gasteiger partial charge on any atom is -0.395 e. The van der Waals surface area contributed by atoms with Crippen LogP contribution in [0.3, 0.4) is 0 Å². The highest BCUT2D eigenvalue weighted by molar-refractivity contribution is 7.15. The van der Waals surface area contributed by atoms with Gasteiger partial charge in [-0.1, -0.05) is 30.3 Å². The zero-order valence-corrected chi connectivity index (χ0v) is 16.5. The topological polar surface area (TPSA) is 56.7 Å². The van der Waals surface area contributed by atoms with E-state index in [0.717, 1.165) is 37.6 Å². The number of aromatic nitrogens is 1. The Morgan fingerprint density at radius 3 is 2.85 bits per heavy atom. The molecule has 5 nitrogen and oxygen atoms in total. The summed E-state index contributed by atoms with van der Waals surface area (Å²) in [7, 11) is 0. The number of thiazole rings is 1. The summed E-state index contributed by atoms with van der Waals surface area (Å²) in [4.78, 5) is 22.4. The van der Waals surface area contributed by atoms with Crippen molar-refractivity contribution < 1.29 is 9.90 Å². The maximum atomic E-state index is 12.1. The molecule has 27 heavy (non-hydrogen) atoms. The first-order valence-electron chi connectivity index (χ1n) is 9.79. The number of likely N-dealkylation sites (tertiary alicyclic amines) is 2. The Labute approximate surface area is 164 Å². The van der Waals surface area contributed by atoms with Crippen molar-refractivity contribution in [3.05, 3.63) is 41.4 Å². The van der Waals surface area contributed by atoms with Crippen LogP contribution in [0.25, 0.3) is 10.6 Å². The van der Waals surface area contributed by atoms with E-state index in [0.29, 0.717) is 13.0 Å². The van der Waals surface area contributed by atoms with E-state index in [2.05, 4.69) is 22.0 Å². The monoisotopic (exact) mass is 385 g/mol. The van der Waals surface area contributed by atoms with Gasteiger partial charge in [-0.3, -0.25) is 9.69 Å². The summed E-state index contributed by atoms with van der Waals surface area (Å²) < 4.78 is 0. The van der Waals surface area contributed by atoms with Crippen LogP contribution in [0, 0.1) is 5.41 Å². The summed E-state index contributed by atoms with van der Waals surface area (Å²) in [5, 5.41) is 10.3. The third kappa shape index (κ3) is 4.23. The van der Waals surface area contributed by atoms with E-state index < -0.39 is 0 Å². The average Bonchev–Trinajstić information content (AvgIpc) is 3.15. The lowest BCUT2D eigenvalue weighted by molar-refractivity contribution is -0.140. The van der Waals surface area contributed by atoms with Crippen LogP contribution in [-0.4, -0.2) is 58.6 Å². The Morgan fingerprint density at radius 2 is 2.04 bits per heavy atom. The van der Waals surface area contributed by atoms with Gasteiger partial charge < -0.3 is 10.0 Å². The number of hydrogen-bond donors (Lipinski definition) is 1. The van der Waals surface area contributed by atoms with E-state index in [1.54, 1.807) is 11.3 Å². The molecule has 1 amide bonds. The van der Waals surface area contributed by atoms with Crippen LogP contribution >= 0.6 is 11.3 Å². The van der Waals surface area contributed by atoms with Gasteiger partial charge in [-0.05, 0) is 25.8 Å². The molecule has 1 aromatic carbocycles. The molecule has 1 N–H and O–H groups in total. The second-order valence-electron chi connectivity index (χ2n) is 7.85. The van der Waals surface area contributed by atoms with Crippen molar-refractivity contribution in [1.29, 1.82) is 0 Å². The molecule has 2 aliphatic heterocycles. The van der Waals surface area contributed by atoms with Crippen molar-refractivity contribution in [2.75, 3.05) is 32.8 Å². The number of β-amino-alcohol motifs (C(OH)–C–C–N with tert-alkyl or cyclic N) is 1. The van der Waals surface area contributed by atoms with E-state index >= 15 is 0 Å². The van der Waals surface area contributed by atoms with E-state index in [9.17, 15) is 9.90 Å². The number of hydrogen-bond acceptors (Lipinski definition) is 5. The molecule has 1 aromatic heterocycles. The van der Waals surface area contributed by atoms with Crippen molar-refractivity contribution in [2.45, 2.75) is 32.2 Å². The van der Waals surface area contributed by atoms with Crippen molar-refractivity contribution in [2.24, 2.45) is 5.41 Å². The van der Waals surface area contributed by atoms with E-state index in [1.165, 1.54) is 23.3 Å². The Morgan fingerprint density at radius 1 is 1.19 bits per heavy atom. The summed E-state index contributed by atoms with van der Waals surface area (Å²) in [5.41, 5.74) is 1.36. The molecule has 0 radical (unpaired) electrons. The largest absolute Gasteiger partial charge is 0.395 e. The van der Waals surface area contributed by atoms with Crippen LogP contribution in [0.1, 0.15) is 30.6 Å². The maximum Gasteiger partial charge on any atom is 0.222 e. The lowest BCUT2D eigenvalue weighted by Gasteiger charge is -2.48. The van der Waals surface area contributed by atoms with Gasteiger partial charge in [0.05, 0.1) is 6.61 Å². The van der Waals surface area contributed by atoms with E-state index in [4.69, 9.17) is 0 Å². The molecule has 6 heteroatoms. The lowest BCUT2D eigenvalue weighted by Crippen LogP contribution is -2.54. The Kier molecular flexibility index (Phi) is 5.57. The van der Waals surface area contributed by atoms with Crippen molar-refractivity contribution in [3.63, 3.8) is 0 Å². The standard InChI is InChI=1S/C21H27N3O2S/c25-12-11-24-16-21(9-7-19(24)26)8-4-10-23(15-21)14-18-13-22-20(27-18)17-5-2-1-3-6-17/h1-3,5-6,13,25H,4,7-12,14-16H2/t21-/m0/s1. The third-order valence-corrected chi connectivity index (χ3v) is 6.84. The molecule has 0 bridgehead atoms. The highest BCUT2D eigenvalue weighted by Gasteiger charge is 2.41. The highest BCUT2D eigenvalue weighted by Crippen LogP contribution is 2.39. The minimum atomic E-state index is 0.0503. The molecule has 2 aromatic rings. The molecule has 0 unspecified atom stereocenters. The normalized spacial score (nSPS) is 23.9.